The van der Waals surface area contributed by atoms with Crippen LogP contribution in [0.2, 0.25) is 0 Å². The van der Waals surface area contributed by atoms with Crippen LogP contribution in [0.4, 0.5) is 0 Å². The van der Waals surface area contributed by atoms with E-state index in [0.29, 0.717) is 13.0 Å². The molecule has 2 rings (SSSR count). The minimum absolute atomic E-state index is 0. The Labute approximate surface area is 151 Å². The fraction of sp³-hybridized carbons (Fsp3) is 0.647. The first-order chi connectivity index (χ1) is 10.2. The molecule has 0 spiro atoms. The summed E-state index contributed by atoms with van der Waals surface area (Å²) in [7, 11) is 0. The Morgan fingerprint density at radius 1 is 1.26 bits per heavy atom. The molecule has 1 aliphatic rings. The Bertz CT molecular complexity index is 450. The summed E-state index contributed by atoms with van der Waals surface area (Å²) in [5.74, 6) is 0.131. The summed E-state index contributed by atoms with van der Waals surface area (Å²) in [6.07, 6.45) is 10.8. The molecule has 1 unspecified atom stereocenters. The second kappa shape index (κ2) is 10.8. The molecule has 0 aliphatic heterocycles. The Morgan fingerprint density at radius 3 is 2.39 bits per heavy atom. The van der Waals surface area contributed by atoms with Gasteiger partial charge in [0.2, 0.25) is 5.91 Å². The number of aromatic nitrogens is 1. The predicted molar refractivity (Wildman–Crippen MR) is 99.1 cm³/mol. The summed E-state index contributed by atoms with van der Waals surface area (Å²) in [6.45, 7) is 2.71. The minimum Gasteiger partial charge on any atom is -0.349 e. The predicted octanol–water partition coefficient (Wildman–Crippen LogP) is 3.79. The van der Waals surface area contributed by atoms with Gasteiger partial charge in [0.25, 0.3) is 0 Å². The number of rotatable bonds is 6. The number of nitrogens with one attached hydrogen (secondary N) is 1. The fourth-order valence-electron chi connectivity index (χ4n) is 3.36. The minimum atomic E-state index is 0. The van der Waals surface area contributed by atoms with Crippen molar-refractivity contribution in [2.75, 3.05) is 6.54 Å². The standard InChI is InChI=1S/C17H27N3O.2ClH/c1-2-15(14-6-10-19-11-7-14)20-16(21)12-17(13-18)8-4-3-5-9-17;;/h6-7,10-11,15H,2-5,8-9,12-13,18H2,1H3,(H,20,21);2*1H. The molecule has 1 fully saturated rings. The van der Waals surface area contributed by atoms with Crippen molar-refractivity contribution in [3.63, 3.8) is 0 Å². The number of nitrogens with two attached hydrogens (primary N) is 1. The summed E-state index contributed by atoms with van der Waals surface area (Å²) < 4.78 is 0. The van der Waals surface area contributed by atoms with Gasteiger partial charge in [-0.15, -0.1) is 24.8 Å². The number of amides is 1. The summed E-state index contributed by atoms with van der Waals surface area (Å²) in [4.78, 5) is 16.5. The molecule has 0 saturated heterocycles. The maximum Gasteiger partial charge on any atom is 0.221 e. The Morgan fingerprint density at radius 2 is 1.87 bits per heavy atom. The van der Waals surface area contributed by atoms with E-state index in [1.807, 2.05) is 12.1 Å². The molecule has 6 heteroatoms. The van der Waals surface area contributed by atoms with E-state index < -0.39 is 0 Å². The lowest BCUT2D eigenvalue weighted by Gasteiger charge is -2.36. The average Bonchev–Trinajstić information content (AvgIpc) is 2.54. The number of pyridine rings is 1. The highest BCUT2D eigenvalue weighted by Gasteiger charge is 2.33. The molecule has 0 bridgehead atoms. The summed E-state index contributed by atoms with van der Waals surface area (Å²) in [5, 5.41) is 3.17. The number of halogens is 2. The first-order valence-electron chi connectivity index (χ1n) is 8.08. The van der Waals surface area contributed by atoms with Gasteiger partial charge in [-0.2, -0.15) is 0 Å². The van der Waals surface area contributed by atoms with Crippen LogP contribution in [-0.4, -0.2) is 17.4 Å². The molecule has 132 valence electrons. The second-order valence-electron chi connectivity index (χ2n) is 6.25. The first kappa shape index (κ1) is 22.2. The highest BCUT2D eigenvalue weighted by molar-refractivity contribution is 5.85. The van der Waals surface area contributed by atoms with Gasteiger partial charge in [-0.25, -0.2) is 0 Å². The van der Waals surface area contributed by atoms with Gasteiger partial charge < -0.3 is 11.1 Å². The van der Waals surface area contributed by atoms with Crippen molar-refractivity contribution >= 4 is 30.7 Å². The number of hydrogen-bond donors (Lipinski definition) is 2. The lowest BCUT2D eigenvalue weighted by molar-refractivity contribution is -0.124. The third-order valence-corrected chi connectivity index (χ3v) is 4.73. The van der Waals surface area contributed by atoms with Crippen molar-refractivity contribution in [1.82, 2.24) is 10.3 Å². The molecular weight excluding hydrogens is 333 g/mol. The van der Waals surface area contributed by atoms with Gasteiger partial charge in [-0.1, -0.05) is 26.2 Å². The first-order valence-corrected chi connectivity index (χ1v) is 8.08. The third kappa shape index (κ3) is 6.28. The van der Waals surface area contributed by atoms with Crippen LogP contribution in [0.15, 0.2) is 24.5 Å². The lowest BCUT2D eigenvalue weighted by atomic mass is 9.71. The van der Waals surface area contributed by atoms with Crippen molar-refractivity contribution in [3.8, 4) is 0 Å². The van der Waals surface area contributed by atoms with Gasteiger partial charge in [0.15, 0.2) is 0 Å². The molecule has 0 radical (unpaired) electrons. The smallest absolute Gasteiger partial charge is 0.221 e. The zero-order valence-electron chi connectivity index (χ0n) is 13.8. The van der Waals surface area contributed by atoms with Crippen LogP contribution in [0.5, 0.6) is 0 Å². The SMILES string of the molecule is CCC(NC(=O)CC1(CN)CCCCC1)c1ccncc1.Cl.Cl. The molecule has 3 N–H and O–H groups in total. The van der Waals surface area contributed by atoms with Gasteiger partial charge in [-0.05, 0) is 48.9 Å². The molecule has 1 saturated carbocycles. The topological polar surface area (TPSA) is 68.0 Å². The molecule has 23 heavy (non-hydrogen) atoms. The van der Waals surface area contributed by atoms with E-state index in [0.717, 1.165) is 24.8 Å². The average molecular weight is 362 g/mol. The molecule has 1 amide bonds. The third-order valence-electron chi connectivity index (χ3n) is 4.73. The molecule has 4 nitrogen and oxygen atoms in total. The van der Waals surface area contributed by atoms with E-state index in [2.05, 4.69) is 17.2 Å². The fourth-order valence-corrected chi connectivity index (χ4v) is 3.36. The lowest BCUT2D eigenvalue weighted by Crippen LogP contribution is -2.39. The van der Waals surface area contributed by atoms with Gasteiger partial charge in [-0.3, -0.25) is 9.78 Å². The maximum atomic E-state index is 12.4. The van der Waals surface area contributed by atoms with Crippen molar-refractivity contribution in [2.45, 2.75) is 57.9 Å². The quantitative estimate of drug-likeness (QED) is 0.809. The summed E-state index contributed by atoms with van der Waals surface area (Å²) in [6, 6.07) is 4.00. The molecule has 1 aromatic rings. The number of carbonyl (C=O) groups excluding carboxylic acids is 1. The van der Waals surface area contributed by atoms with Crippen LogP contribution < -0.4 is 11.1 Å². The Hall–Kier alpha value is -0.840. The van der Waals surface area contributed by atoms with E-state index in [-0.39, 0.29) is 42.2 Å². The number of carbonyl (C=O) groups is 1. The highest BCUT2D eigenvalue weighted by atomic mass is 35.5. The van der Waals surface area contributed by atoms with E-state index in [1.165, 1.54) is 19.3 Å². The van der Waals surface area contributed by atoms with Crippen molar-refractivity contribution < 1.29 is 4.79 Å². The van der Waals surface area contributed by atoms with Crippen molar-refractivity contribution in [3.05, 3.63) is 30.1 Å². The molecular formula is C17H29Cl2N3O. The van der Waals surface area contributed by atoms with Crippen LogP contribution in [0, 0.1) is 5.41 Å². The largest absolute Gasteiger partial charge is 0.349 e. The molecule has 1 aromatic heterocycles. The number of nitrogens with zero attached hydrogens (tertiary/aromatic N) is 1. The van der Waals surface area contributed by atoms with Gasteiger partial charge in [0.05, 0.1) is 6.04 Å². The van der Waals surface area contributed by atoms with E-state index in [9.17, 15) is 4.79 Å². The zero-order valence-corrected chi connectivity index (χ0v) is 15.4. The van der Waals surface area contributed by atoms with E-state index in [1.54, 1.807) is 12.4 Å². The maximum absolute atomic E-state index is 12.4. The highest BCUT2D eigenvalue weighted by Crippen LogP contribution is 2.38. The monoisotopic (exact) mass is 361 g/mol. The summed E-state index contributed by atoms with van der Waals surface area (Å²) in [5.41, 5.74) is 7.12. The Kier molecular flexibility index (Phi) is 10.4. The van der Waals surface area contributed by atoms with Crippen molar-refractivity contribution in [2.24, 2.45) is 11.1 Å². The van der Waals surface area contributed by atoms with Crippen LogP contribution in [0.1, 0.15) is 63.5 Å². The Balaban J connectivity index is 0.00000242. The van der Waals surface area contributed by atoms with E-state index >= 15 is 0 Å². The normalized spacial score (nSPS) is 17.3. The van der Waals surface area contributed by atoms with Gasteiger partial charge in [0.1, 0.15) is 0 Å². The van der Waals surface area contributed by atoms with Gasteiger partial charge in [0, 0.05) is 18.8 Å². The second-order valence-corrected chi connectivity index (χ2v) is 6.25. The van der Waals surface area contributed by atoms with E-state index in [4.69, 9.17) is 5.73 Å². The van der Waals surface area contributed by atoms with Crippen LogP contribution in [0.3, 0.4) is 0 Å². The van der Waals surface area contributed by atoms with Crippen LogP contribution in [0.25, 0.3) is 0 Å². The van der Waals surface area contributed by atoms with Crippen molar-refractivity contribution in [1.29, 1.82) is 0 Å². The van der Waals surface area contributed by atoms with Crippen LogP contribution >= 0.6 is 24.8 Å². The summed E-state index contributed by atoms with van der Waals surface area (Å²) >= 11 is 0. The molecule has 0 aromatic carbocycles. The molecule has 1 heterocycles. The molecule has 1 atom stereocenters. The van der Waals surface area contributed by atoms with Gasteiger partial charge >= 0.3 is 0 Å². The zero-order chi connectivity index (χ0) is 15.1. The van der Waals surface area contributed by atoms with Crippen LogP contribution in [-0.2, 0) is 4.79 Å². The number of hydrogen-bond acceptors (Lipinski definition) is 3. The molecule has 1 aliphatic carbocycles.